The number of hydrogen-bond donors (Lipinski definition) is 0. The van der Waals surface area contributed by atoms with Crippen molar-refractivity contribution in [3.63, 3.8) is 0 Å². The maximum absolute atomic E-state index is 4.93. The smallest absolute Gasteiger partial charge is 0.235 e. The van der Waals surface area contributed by atoms with Crippen LogP contribution in [0.2, 0.25) is 0 Å². The van der Waals surface area contributed by atoms with Crippen LogP contribution >= 0.6 is 0 Å². The molecule has 2 aromatic heterocycles. The van der Waals surface area contributed by atoms with Crippen molar-refractivity contribution in [3.8, 4) is 22.5 Å². The molecule has 2 heterocycles. The second-order valence-corrected chi connectivity index (χ2v) is 7.66. The first-order valence-corrected chi connectivity index (χ1v) is 10.1. The van der Waals surface area contributed by atoms with E-state index >= 15 is 0 Å². The second-order valence-electron chi connectivity index (χ2n) is 7.66. The van der Waals surface area contributed by atoms with Crippen LogP contribution < -0.4 is 0 Å². The van der Waals surface area contributed by atoms with Crippen molar-refractivity contribution in [2.45, 2.75) is 6.92 Å². The average Bonchev–Trinajstić information content (AvgIpc) is 3.17. The highest BCUT2D eigenvalue weighted by molar-refractivity contribution is 5.97. The molecule has 6 aromatic rings. The molecule has 0 unspecified atom stereocenters. The van der Waals surface area contributed by atoms with Gasteiger partial charge in [-0.2, -0.15) is 0 Å². The molecular weight excluding hydrogens is 366 g/mol. The van der Waals surface area contributed by atoms with Gasteiger partial charge in [-0.05, 0) is 35.9 Å². The summed E-state index contributed by atoms with van der Waals surface area (Å²) in [7, 11) is 0. The summed E-state index contributed by atoms with van der Waals surface area (Å²) in [6.07, 6.45) is 0. The molecule has 0 aliphatic heterocycles. The molecule has 3 nitrogen and oxygen atoms in total. The molecule has 0 aliphatic carbocycles. The van der Waals surface area contributed by atoms with Gasteiger partial charge in [-0.1, -0.05) is 84.4 Å². The Bertz CT molecular complexity index is 1540. The van der Waals surface area contributed by atoms with E-state index < -0.39 is 0 Å². The minimum atomic E-state index is 0.720. The van der Waals surface area contributed by atoms with E-state index in [1.54, 1.807) is 0 Å². The number of rotatable bonds is 2. The zero-order chi connectivity index (χ0) is 20.1. The predicted molar refractivity (Wildman–Crippen MR) is 124 cm³/mol. The van der Waals surface area contributed by atoms with E-state index in [0.29, 0.717) is 0 Å². The van der Waals surface area contributed by atoms with E-state index in [0.717, 1.165) is 33.8 Å². The van der Waals surface area contributed by atoms with Crippen LogP contribution in [-0.4, -0.2) is 14.4 Å². The van der Waals surface area contributed by atoms with Gasteiger partial charge in [0, 0.05) is 11.1 Å². The Kier molecular flexibility index (Phi) is 3.68. The normalized spacial score (nSPS) is 11.5. The van der Waals surface area contributed by atoms with Crippen molar-refractivity contribution in [2.75, 3.05) is 0 Å². The first-order chi connectivity index (χ1) is 14.8. The predicted octanol–water partition coefficient (Wildman–Crippen LogP) is 6.68. The van der Waals surface area contributed by atoms with Crippen molar-refractivity contribution in [1.29, 1.82) is 0 Å². The maximum atomic E-state index is 4.93. The summed E-state index contributed by atoms with van der Waals surface area (Å²) in [5.41, 5.74) is 7.56. The van der Waals surface area contributed by atoms with Gasteiger partial charge in [0.25, 0.3) is 0 Å². The minimum Gasteiger partial charge on any atom is -0.276 e. The van der Waals surface area contributed by atoms with Gasteiger partial charge in [0.1, 0.15) is 0 Å². The maximum Gasteiger partial charge on any atom is 0.235 e. The third-order valence-electron chi connectivity index (χ3n) is 5.69. The summed E-state index contributed by atoms with van der Waals surface area (Å²) in [6, 6.07) is 33.9. The Morgan fingerprint density at radius 2 is 1.47 bits per heavy atom. The molecule has 0 bridgehead atoms. The number of aryl methyl sites for hydroxylation is 1. The van der Waals surface area contributed by atoms with Gasteiger partial charge in [0.2, 0.25) is 5.78 Å². The third-order valence-corrected chi connectivity index (χ3v) is 5.69. The van der Waals surface area contributed by atoms with Gasteiger partial charge in [0.15, 0.2) is 0 Å². The lowest BCUT2D eigenvalue weighted by atomic mass is 10.0. The molecule has 0 saturated heterocycles. The van der Waals surface area contributed by atoms with Crippen LogP contribution in [-0.2, 0) is 0 Å². The first-order valence-electron chi connectivity index (χ1n) is 10.1. The van der Waals surface area contributed by atoms with Crippen LogP contribution in [0.25, 0.3) is 50.1 Å². The quantitative estimate of drug-likeness (QED) is 0.333. The van der Waals surface area contributed by atoms with Gasteiger partial charge in [0.05, 0.1) is 22.4 Å². The van der Waals surface area contributed by atoms with Crippen LogP contribution in [0.4, 0.5) is 0 Å². The average molecular weight is 385 g/mol. The van der Waals surface area contributed by atoms with Crippen LogP contribution in [0.1, 0.15) is 5.56 Å². The fourth-order valence-electron chi connectivity index (χ4n) is 4.18. The Hall–Kier alpha value is -3.98. The van der Waals surface area contributed by atoms with Crippen molar-refractivity contribution >= 4 is 27.6 Å². The van der Waals surface area contributed by atoms with E-state index in [1.165, 1.54) is 21.9 Å². The Labute approximate surface area is 174 Å². The van der Waals surface area contributed by atoms with Gasteiger partial charge in [-0.3, -0.25) is 4.40 Å². The molecule has 3 heteroatoms. The van der Waals surface area contributed by atoms with Crippen molar-refractivity contribution in [2.24, 2.45) is 0 Å². The SMILES string of the molecule is Cc1ccc(-c2cc(-c3cccc4ccccc34)n3c(n2)nc2ccccc23)cc1. The summed E-state index contributed by atoms with van der Waals surface area (Å²) in [4.78, 5) is 9.77. The van der Waals surface area contributed by atoms with Crippen LogP contribution in [0.3, 0.4) is 0 Å². The van der Waals surface area contributed by atoms with Gasteiger partial charge >= 0.3 is 0 Å². The zero-order valence-corrected chi connectivity index (χ0v) is 16.6. The molecule has 4 aromatic carbocycles. The Balaban J connectivity index is 1.75. The van der Waals surface area contributed by atoms with Gasteiger partial charge < -0.3 is 0 Å². The molecule has 142 valence electrons. The third kappa shape index (κ3) is 2.60. The lowest BCUT2D eigenvalue weighted by Crippen LogP contribution is -1.98. The summed E-state index contributed by atoms with van der Waals surface area (Å²) in [5.74, 6) is 0.720. The molecule has 0 saturated carbocycles. The Morgan fingerprint density at radius 1 is 0.700 bits per heavy atom. The van der Waals surface area contributed by atoms with E-state index in [4.69, 9.17) is 9.97 Å². The highest BCUT2D eigenvalue weighted by Gasteiger charge is 2.15. The number of imidazole rings is 1. The summed E-state index contributed by atoms with van der Waals surface area (Å²) < 4.78 is 2.18. The highest BCUT2D eigenvalue weighted by atomic mass is 15.1. The summed E-state index contributed by atoms with van der Waals surface area (Å²) in [5, 5.41) is 2.45. The van der Waals surface area contributed by atoms with E-state index in [2.05, 4.69) is 96.3 Å². The molecule has 0 radical (unpaired) electrons. The number of aromatic nitrogens is 3. The van der Waals surface area contributed by atoms with Crippen molar-refractivity contribution in [1.82, 2.24) is 14.4 Å². The van der Waals surface area contributed by atoms with Crippen LogP contribution in [0.5, 0.6) is 0 Å². The standard InChI is InChI=1S/C27H19N3/c1-18-13-15-20(16-14-18)24-17-26(22-10-6-8-19-7-2-3-9-21(19)22)30-25-12-5-4-11-23(25)28-27(30)29-24/h2-17H,1H3. The minimum absolute atomic E-state index is 0.720. The molecule has 0 fully saturated rings. The monoisotopic (exact) mass is 385 g/mol. The molecule has 0 N–H and O–H groups in total. The van der Waals surface area contributed by atoms with Gasteiger partial charge in [-0.15, -0.1) is 0 Å². The number of hydrogen-bond acceptors (Lipinski definition) is 2. The second kappa shape index (κ2) is 6.53. The van der Waals surface area contributed by atoms with E-state index in [9.17, 15) is 0 Å². The fraction of sp³-hybridized carbons (Fsp3) is 0.0370. The molecule has 0 spiro atoms. The van der Waals surface area contributed by atoms with Crippen LogP contribution in [0, 0.1) is 6.92 Å². The molecule has 0 aliphatic rings. The first kappa shape index (κ1) is 16.9. The number of fused-ring (bicyclic) bond motifs is 4. The van der Waals surface area contributed by atoms with Gasteiger partial charge in [-0.25, -0.2) is 9.97 Å². The lowest BCUT2D eigenvalue weighted by Gasteiger charge is -2.12. The van der Waals surface area contributed by atoms with Crippen molar-refractivity contribution < 1.29 is 0 Å². The Morgan fingerprint density at radius 3 is 2.37 bits per heavy atom. The molecule has 0 amide bonds. The summed E-state index contributed by atoms with van der Waals surface area (Å²) >= 11 is 0. The molecular formula is C27H19N3. The van der Waals surface area contributed by atoms with Crippen molar-refractivity contribution in [3.05, 3.63) is 103 Å². The fourth-order valence-corrected chi connectivity index (χ4v) is 4.18. The molecule has 0 atom stereocenters. The summed E-state index contributed by atoms with van der Waals surface area (Å²) in [6.45, 7) is 2.10. The largest absolute Gasteiger partial charge is 0.276 e. The number of benzene rings is 4. The van der Waals surface area contributed by atoms with E-state index in [1.807, 2.05) is 12.1 Å². The molecule has 30 heavy (non-hydrogen) atoms. The van der Waals surface area contributed by atoms with E-state index in [-0.39, 0.29) is 0 Å². The number of nitrogens with zero attached hydrogens (tertiary/aromatic N) is 3. The highest BCUT2D eigenvalue weighted by Crippen LogP contribution is 2.33. The number of para-hydroxylation sites is 2. The zero-order valence-electron chi connectivity index (χ0n) is 16.6. The van der Waals surface area contributed by atoms with Crippen LogP contribution in [0.15, 0.2) is 97.1 Å². The molecule has 6 rings (SSSR count). The lowest BCUT2D eigenvalue weighted by molar-refractivity contribution is 1.14. The topological polar surface area (TPSA) is 30.2 Å².